The Morgan fingerprint density at radius 3 is 2.58 bits per heavy atom. The van der Waals surface area contributed by atoms with E-state index in [-0.39, 0.29) is 12.7 Å². The van der Waals surface area contributed by atoms with Crippen molar-refractivity contribution in [3.05, 3.63) is 69.8 Å². The molecule has 0 radical (unpaired) electrons. The second-order valence-electron chi connectivity index (χ2n) is 6.50. The van der Waals surface area contributed by atoms with Gasteiger partial charge < -0.3 is 14.4 Å². The number of amides is 1. The number of nitrogens with zero attached hydrogens (tertiary/aromatic N) is 1. The Balaban J connectivity index is 1.67. The standard InChI is InChI=1S/C21H20BrNO3/c22-18-12-20-19(25-14-26-20)11-16(18)13-23(17-9-5-2-6-10-17)21(24)15-7-3-1-4-8-15/h1,3-4,7-9,11-12H,2,5-6,10,13-14H2. The van der Waals surface area contributed by atoms with Crippen molar-refractivity contribution in [1.82, 2.24) is 4.90 Å². The number of ether oxygens (including phenoxy) is 2. The van der Waals surface area contributed by atoms with Gasteiger partial charge in [-0.25, -0.2) is 0 Å². The molecule has 0 fully saturated rings. The Morgan fingerprint density at radius 2 is 1.85 bits per heavy atom. The summed E-state index contributed by atoms with van der Waals surface area (Å²) in [6, 6.07) is 13.3. The molecule has 1 aliphatic carbocycles. The van der Waals surface area contributed by atoms with E-state index in [1.807, 2.05) is 47.4 Å². The molecular weight excluding hydrogens is 394 g/mol. The average molecular weight is 414 g/mol. The van der Waals surface area contributed by atoms with Gasteiger partial charge in [0.1, 0.15) is 0 Å². The van der Waals surface area contributed by atoms with Crippen LogP contribution in [0.2, 0.25) is 0 Å². The maximum absolute atomic E-state index is 13.2. The van der Waals surface area contributed by atoms with Gasteiger partial charge in [0.25, 0.3) is 5.91 Å². The molecule has 0 N–H and O–H groups in total. The van der Waals surface area contributed by atoms with Gasteiger partial charge in [0.05, 0.1) is 6.54 Å². The molecule has 2 aliphatic rings. The molecule has 0 saturated carbocycles. The summed E-state index contributed by atoms with van der Waals surface area (Å²) in [7, 11) is 0. The quantitative estimate of drug-likeness (QED) is 0.684. The minimum Gasteiger partial charge on any atom is -0.454 e. The largest absolute Gasteiger partial charge is 0.454 e. The smallest absolute Gasteiger partial charge is 0.258 e. The van der Waals surface area contributed by atoms with Gasteiger partial charge in [-0.1, -0.05) is 40.2 Å². The highest BCUT2D eigenvalue weighted by atomic mass is 79.9. The highest BCUT2D eigenvalue weighted by Gasteiger charge is 2.24. The number of carbonyl (C=O) groups excluding carboxylic acids is 1. The third-order valence-electron chi connectivity index (χ3n) is 4.75. The van der Waals surface area contributed by atoms with Gasteiger partial charge in [-0.2, -0.15) is 0 Å². The summed E-state index contributed by atoms with van der Waals surface area (Å²) in [5, 5.41) is 0. The van der Waals surface area contributed by atoms with Crippen molar-refractivity contribution >= 4 is 21.8 Å². The molecule has 0 bridgehead atoms. The lowest BCUT2D eigenvalue weighted by atomic mass is 10.0. The topological polar surface area (TPSA) is 38.8 Å². The zero-order valence-corrected chi connectivity index (χ0v) is 16.0. The molecule has 0 spiro atoms. The third-order valence-corrected chi connectivity index (χ3v) is 5.49. The van der Waals surface area contributed by atoms with Crippen LogP contribution in [0.25, 0.3) is 0 Å². The molecule has 1 aliphatic heterocycles. The second kappa shape index (κ2) is 7.54. The molecule has 0 saturated heterocycles. The van der Waals surface area contributed by atoms with Crippen LogP contribution in [-0.4, -0.2) is 17.6 Å². The molecule has 5 heteroatoms. The third kappa shape index (κ3) is 3.49. The number of hydrogen-bond acceptors (Lipinski definition) is 3. The zero-order valence-electron chi connectivity index (χ0n) is 14.4. The number of carbonyl (C=O) groups is 1. The van der Waals surface area contributed by atoms with Crippen molar-refractivity contribution in [3.63, 3.8) is 0 Å². The van der Waals surface area contributed by atoms with Crippen LogP contribution in [0.4, 0.5) is 0 Å². The fourth-order valence-corrected chi connectivity index (χ4v) is 3.81. The van der Waals surface area contributed by atoms with E-state index in [1.165, 1.54) is 6.42 Å². The predicted octanol–water partition coefficient (Wildman–Crippen LogP) is 5.28. The molecule has 1 amide bonds. The fourth-order valence-electron chi connectivity index (χ4n) is 3.36. The summed E-state index contributed by atoms with van der Waals surface area (Å²) in [4.78, 5) is 15.1. The lowest BCUT2D eigenvalue weighted by molar-refractivity contribution is 0.0787. The number of benzene rings is 2. The maximum Gasteiger partial charge on any atom is 0.258 e. The van der Waals surface area contributed by atoms with Crippen LogP contribution in [0, 0.1) is 0 Å². The lowest BCUT2D eigenvalue weighted by Crippen LogP contribution is -2.30. The lowest BCUT2D eigenvalue weighted by Gasteiger charge is -2.28. The second-order valence-corrected chi connectivity index (χ2v) is 7.35. The van der Waals surface area contributed by atoms with Gasteiger partial charge in [0, 0.05) is 15.7 Å². The van der Waals surface area contributed by atoms with Crippen molar-refractivity contribution in [1.29, 1.82) is 0 Å². The molecule has 4 rings (SSSR count). The molecule has 0 atom stereocenters. The highest BCUT2D eigenvalue weighted by molar-refractivity contribution is 9.10. The van der Waals surface area contributed by atoms with E-state index in [0.29, 0.717) is 12.1 Å². The van der Waals surface area contributed by atoms with Crippen LogP contribution in [0.3, 0.4) is 0 Å². The van der Waals surface area contributed by atoms with Gasteiger partial charge in [-0.3, -0.25) is 4.79 Å². The van der Waals surface area contributed by atoms with E-state index in [4.69, 9.17) is 9.47 Å². The summed E-state index contributed by atoms with van der Waals surface area (Å²) in [6.45, 7) is 0.736. The van der Waals surface area contributed by atoms with Gasteiger partial charge in [-0.15, -0.1) is 0 Å². The summed E-state index contributed by atoms with van der Waals surface area (Å²) in [6.07, 6.45) is 6.46. The summed E-state index contributed by atoms with van der Waals surface area (Å²) in [5.41, 5.74) is 2.82. The van der Waals surface area contributed by atoms with Crippen molar-refractivity contribution in [2.45, 2.75) is 32.2 Å². The van der Waals surface area contributed by atoms with E-state index in [2.05, 4.69) is 22.0 Å². The minimum absolute atomic E-state index is 0.0308. The predicted molar refractivity (Wildman–Crippen MR) is 103 cm³/mol. The van der Waals surface area contributed by atoms with Crippen molar-refractivity contribution in [2.75, 3.05) is 6.79 Å². The van der Waals surface area contributed by atoms with Crippen LogP contribution < -0.4 is 9.47 Å². The first-order valence-corrected chi connectivity index (χ1v) is 9.65. The molecule has 26 heavy (non-hydrogen) atoms. The minimum atomic E-state index is 0.0308. The van der Waals surface area contributed by atoms with Gasteiger partial charge >= 0.3 is 0 Å². The number of rotatable bonds is 4. The first kappa shape index (κ1) is 17.2. The maximum atomic E-state index is 13.2. The van der Waals surface area contributed by atoms with Crippen molar-refractivity contribution in [3.8, 4) is 11.5 Å². The number of fused-ring (bicyclic) bond motifs is 1. The van der Waals surface area contributed by atoms with E-state index in [1.54, 1.807) is 0 Å². The Labute approximate surface area is 161 Å². The van der Waals surface area contributed by atoms with Gasteiger partial charge in [0.2, 0.25) is 6.79 Å². The van der Waals surface area contributed by atoms with E-state index in [0.717, 1.165) is 46.5 Å². The zero-order chi connectivity index (χ0) is 17.9. The van der Waals surface area contributed by atoms with Crippen LogP contribution in [0.1, 0.15) is 41.6 Å². The number of halogens is 1. The molecule has 0 aromatic heterocycles. The van der Waals surface area contributed by atoms with E-state index in [9.17, 15) is 4.79 Å². The molecule has 0 unspecified atom stereocenters. The van der Waals surface area contributed by atoms with Crippen molar-refractivity contribution in [2.24, 2.45) is 0 Å². The summed E-state index contributed by atoms with van der Waals surface area (Å²) >= 11 is 3.61. The van der Waals surface area contributed by atoms with Gasteiger partial charge in [-0.05, 0) is 55.5 Å². The summed E-state index contributed by atoms with van der Waals surface area (Å²) < 4.78 is 11.9. The average Bonchev–Trinajstić information content (AvgIpc) is 3.14. The summed E-state index contributed by atoms with van der Waals surface area (Å²) in [5.74, 6) is 1.50. The molecule has 134 valence electrons. The monoisotopic (exact) mass is 413 g/mol. The molecule has 2 aromatic carbocycles. The number of hydrogen-bond donors (Lipinski definition) is 0. The first-order valence-electron chi connectivity index (χ1n) is 8.86. The van der Waals surface area contributed by atoms with Crippen LogP contribution >= 0.6 is 15.9 Å². The van der Waals surface area contributed by atoms with Crippen LogP contribution in [-0.2, 0) is 6.54 Å². The van der Waals surface area contributed by atoms with E-state index >= 15 is 0 Å². The number of allylic oxidation sites excluding steroid dienone is 2. The Morgan fingerprint density at radius 1 is 1.08 bits per heavy atom. The van der Waals surface area contributed by atoms with Crippen LogP contribution in [0.5, 0.6) is 11.5 Å². The molecule has 1 heterocycles. The first-order chi connectivity index (χ1) is 12.7. The Bertz CT molecular complexity index is 848. The molecule has 4 nitrogen and oxygen atoms in total. The Hall–Kier alpha value is -2.27. The highest BCUT2D eigenvalue weighted by Crippen LogP contribution is 2.38. The SMILES string of the molecule is O=C(c1ccccc1)N(Cc1cc2c(cc1Br)OCO2)C1=CCCCC1. The normalized spacial score (nSPS) is 15.5. The van der Waals surface area contributed by atoms with E-state index < -0.39 is 0 Å². The molecule has 2 aromatic rings. The molecular formula is C21H20BrNO3. The van der Waals surface area contributed by atoms with Gasteiger partial charge in [0.15, 0.2) is 11.5 Å². The fraction of sp³-hybridized carbons (Fsp3) is 0.286. The van der Waals surface area contributed by atoms with Crippen LogP contribution in [0.15, 0.2) is 58.7 Å². The van der Waals surface area contributed by atoms with Crippen molar-refractivity contribution < 1.29 is 14.3 Å². The Kier molecular flexibility index (Phi) is 4.98.